The number of aromatic nitrogens is 2. The zero-order chi connectivity index (χ0) is 9.97. The Morgan fingerprint density at radius 2 is 2.07 bits per heavy atom. The second-order valence-corrected chi connectivity index (χ2v) is 4.71. The lowest BCUT2D eigenvalue weighted by atomic mass is 10.2. The van der Waals surface area contributed by atoms with Gasteiger partial charge in [-0.05, 0) is 13.0 Å². The first-order valence-corrected chi connectivity index (χ1v) is 5.68. The number of anilines is 1. The van der Waals surface area contributed by atoms with Crippen LogP contribution in [0.4, 0.5) is 5.95 Å². The molecule has 1 aliphatic rings. The summed E-state index contributed by atoms with van der Waals surface area (Å²) in [6.07, 6.45) is 3.59. The third-order valence-corrected chi connectivity index (χ3v) is 3.81. The lowest BCUT2D eigenvalue weighted by molar-refractivity contribution is 0.361. The quantitative estimate of drug-likeness (QED) is 0.579. The molecule has 5 heteroatoms. The van der Waals surface area contributed by atoms with Crippen molar-refractivity contribution in [2.45, 2.75) is 13.0 Å². The van der Waals surface area contributed by atoms with Crippen LogP contribution in [0.2, 0.25) is 0 Å². The largest absolute Gasteiger partial charge is 0.338 e. The molecule has 1 aromatic rings. The first-order valence-electron chi connectivity index (χ1n) is 4.72. The van der Waals surface area contributed by atoms with E-state index in [-0.39, 0.29) is 0 Å². The molecular weight excluding hydrogens is 291 g/mol. The van der Waals surface area contributed by atoms with Gasteiger partial charge in [-0.3, -0.25) is 0 Å². The summed E-state index contributed by atoms with van der Waals surface area (Å²) in [5.41, 5.74) is 0. The Kier molecular flexibility index (Phi) is 3.17. The third kappa shape index (κ3) is 2.14. The highest BCUT2D eigenvalue weighted by Crippen LogP contribution is 2.16. The summed E-state index contributed by atoms with van der Waals surface area (Å²) in [5.74, 6) is 0.851. The molecule has 1 aromatic heterocycles. The van der Waals surface area contributed by atoms with E-state index in [0.717, 1.165) is 25.6 Å². The molecule has 0 aromatic carbocycles. The van der Waals surface area contributed by atoms with Crippen LogP contribution in [-0.4, -0.2) is 38.8 Å². The predicted molar refractivity (Wildman–Crippen MR) is 64.4 cm³/mol. The first kappa shape index (κ1) is 10.1. The fourth-order valence-electron chi connectivity index (χ4n) is 1.57. The molecule has 0 radical (unpaired) electrons. The van der Waals surface area contributed by atoms with Crippen LogP contribution in [0.5, 0.6) is 0 Å². The van der Waals surface area contributed by atoms with Crippen LogP contribution < -0.4 is 4.90 Å². The van der Waals surface area contributed by atoms with Gasteiger partial charge in [0.25, 0.3) is 0 Å². The second kappa shape index (κ2) is 4.39. The molecule has 1 unspecified atom stereocenters. The van der Waals surface area contributed by atoms with Crippen LogP contribution in [0.3, 0.4) is 0 Å². The Bertz CT molecular complexity index is 292. The van der Waals surface area contributed by atoms with Crippen LogP contribution in [0.25, 0.3) is 0 Å². The standard InChI is InChI=1S/C9H13IN4/c1-8-7-13(5-6-14(8)10)9-11-3-2-4-12-9/h2-4,8H,5-7H2,1H3. The van der Waals surface area contributed by atoms with Gasteiger partial charge in [-0.1, -0.05) is 0 Å². The highest BCUT2D eigenvalue weighted by atomic mass is 127. The van der Waals surface area contributed by atoms with Crippen LogP contribution in [-0.2, 0) is 0 Å². The minimum Gasteiger partial charge on any atom is -0.338 e. The van der Waals surface area contributed by atoms with E-state index in [2.05, 4.69) is 47.8 Å². The molecule has 14 heavy (non-hydrogen) atoms. The van der Waals surface area contributed by atoms with Crippen molar-refractivity contribution in [3.05, 3.63) is 18.5 Å². The van der Waals surface area contributed by atoms with E-state index in [9.17, 15) is 0 Å². The van der Waals surface area contributed by atoms with Gasteiger partial charge in [0, 0.05) is 60.9 Å². The van der Waals surface area contributed by atoms with Crippen LogP contribution in [0.1, 0.15) is 6.92 Å². The van der Waals surface area contributed by atoms with Gasteiger partial charge in [0.15, 0.2) is 0 Å². The van der Waals surface area contributed by atoms with E-state index in [4.69, 9.17) is 0 Å². The van der Waals surface area contributed by atoms with Gasteiger partial charge in [0.05, 0.1) is 0 Å². The van der Waals surface area contributed by atoms with E-state index in [1.54, 1.807) is 12.4 Å². The van der Waals surface area contributed by atoms with Crippen molar-refractivity contribution in [1.82, 2.24) is 13.1 Å². The molecule has 4 nitrogen and oxygen atoms in total. The summed E-state index contributed by atoms with van der Waals surface area (Å²) < 4.78 is 2.33. The van der Waals surface area contributed by atoms with E-state index >= 15 is 0 Å². The SMILES string of the molecule is CC1CN(c2ncccn2)CCN1I. The van der Waals surface area contributed by atoms with Gasteiger partial charge < -0.3 is 4.90 Å². The number of rotatable bonds is 1. The summed E-state index contributed by atoms with van der Waals surface area (Å²) in [4.78, 5) is 10.7. The molecule has 0 bridgehead atoms. The molecule has 2 rings (SSSR count). The maximum absolute atomic E-state index is 4.26. The fraction of sp³-hybridized carbons (Fsp3) is 0.556. The van der Waals surface area contributed by atoms with Crippen molar-refractivity contribution in [3.63, 3.8) is 0 Å². The number of piperazine rings is 1. The Balaban J connectivity index is 2.07. The Morgan fingerprint density at radius 3 is 2.71 bits per heavy atom. The first-order chi connectivity index (χ1) is 6.77. The molecule has 1 atom stereocenters. The number of hydrogen-bond donors (Lipinski definition) is 0. The minimum atomic E-state index is 0.563. The maximum atomic E-state index is 4.26. The molecule has 76 valence electrons. The summed E-state index contributed by atoms with van der Waals surface area (Å²) in [7, 11) is 0. The molecule has 1 aliphatic heterocycles. The maximum Gasteiger partial charge on any atom is 0.225 e. The molecule has 0 N–H and O–H groups in total. The molecule has 1 saturated heterocycles. The molecule has 0 spiro atoms. The van der Waals surface area contributed by atoms with E-state index in [0.29, 0.717) is 6.04 Å². The van der Waals surface area contributed by atoms with Crippen molar-refractivity contribution in [2.24, 2.45) is 0 Å². The number of halogens is 1. The van der Waals surface area contributed by atoms with Gasteiger partial charge in [0.2, 0.25) is 5.95 Å². The van der Waals surface area contributed by atoms with E-state index < -0.39 is 0 Å². The molecule has 0 aliphatic carbocycles. The molecule has 2 heterocycles. The zero-order valence-corrected chi connectivity index (χ0v) is 10.3. The molecule has 1 fully saturated rings. The van der Waals surface area contributed by atoms with Gasteiger partial charge >= 0.3 is 0 Å². The van der Waals surface area contributed by atoms with Crippen molar-refractivity contribution < 1.29 is 0 Å². The average Bonchev–Trinajstić information content (AvgIpc) is 2.23. The van der Waals surface area contributed by atoms with Gasteiger partial charge in [-0.25, -0.2) is 13.1 Å². The van der Waals surface area contributed by atoms with Crippen molar-refractivity contribution in [1.29, 1.82) is 0 Å². The summed E-state index contributed by atoms with van der Waals surface area (Å²) >= 11 is 2.38. The summed E-state index contributed by atoms with van der Waals surface area (Å²) in [5, 5.41) is 0. The predicted octanol–water partition coefficient (Wildman–Crippen LogP) is 1.34. The lowest BCUT2D eigenvalue weighted by Crippen LogP contribution is -2.48. The fourth-order valence-corrected chi connectivity index (χ4v) is 1.96. The Labute approximate surface area is 97.8 Å². The van der Waals surface area contributed by atoms with Crippen molar-refractivity contribution >= 4 is 28.8 Å². The second-order valence-electron chi connectivity index (χ2n) is 3.47. The highest BCUT2D eigenvalue weighted by Gasteiger charge is 2.22. The Hall–Kier alpha value is -0.430. The lowest BCUT2D eigenvalue weighted by Gasteiger charge is -2.36. The van der Waals surface area contributed by atoms with E-state index in [1.807, 2.05) is 6.07 Å². The number of hydrogen-bond acceptors (Lipinski definition) is 4. The summed E-state index contributed by atoms with van der Waals surface area (Å²) in [6, 6.07) is 2.41. The van der Waals surface area contributed by atoms with Crippen LogP contribution >= 0.6 is 22.9 Å². The molecule has 0 amide bonds. The number of nitrogens with zero attached hydrogens (tertiary/aromatic N) is 4. The topological polar surface area (TPSA) is 32.3 Å². The van der Waals surface area contributed by atoms with Crippen molar-refractivity contribution in [2.75, 3.05) is 24.5 Å². The monoisotopic (exact) mass is 304 g/mol. The smallest absolute Gasteiger partial charge is 0.225 e. The third-order valence-electron chi connectivity index (χ3n) is 2.38. The van der Waals surface area contributed by atoms with Crippen LogP contribution in [0.15, 0.2) is 18.5 Å². The molecular formula is C9H13IN4. The zero-order valence-electron chi connectivity index (χ0n) is 8.10. The summed E-state index contributed by atoms with van der Waals surface area (Å²) in [6.45, 7) is 5.31. The Morgan fingerprint density at radius 1 is 1.36 bits per heavy atom. The van der Waals surface area contributed by atoms with Crippen molar-refractivity contribution in [3.8, 4) is 0 Å². The minimum absolute atomic E-state index is 0.563. The normalized spacial score (nSPS) is 23.9. The van der Waals surface area contributed by atoms with E-state index in [1.165, 1.54) is 0 Å². The highest BCUT2D eigenvalue weighted by molar-refractivity contribution is 14.1. The average molecular weight is 304 g/mol. The van der Waals surface area contributed by atoms with Gasteiger partial charge in [0.1, 0.15) is 0 Å². The molecule has 0 saturated carbocycles. The van der Waals surface area contributed by atoms with Crippen LogP contribution in [0, 0.1) is 0 Å². The van der Waals surface area contributed by atoms with Gasteiger partial charge in [-0.15, -0.1) is 0 Å². The van der Waals surface area contributed by atoms with Gasteiger partial charge in [-0.2, -0.15) is 0 Å².